The number of rotatable bonds is 7. The highest BCUT2D eigenvalue weighted by Crippen LogP contribution is 2.56. The van der Waals surface area contributed by atoms with Gasteiger partial charge >= 0.3 is 0 Å². The minimum absolute atomic E-state index is 0.446. The van der Waals surface area contributed by atoms with Crippen molar-refractivity contribution >= 4 is 60.4 Å². The van der Waals surface area contributed by atoms with Gasteiger partial charge in [-0.2, -0.15) is 0 Å². The van der Waals surface area contributed by atoms with Crippen LogP contribution in [0.3, 0.4) is 0 Å². The molecule has 13 rings (SSSR count). The molecule has 304 valence electrons. The molecule has 1 aliphatic rings. The zero-order valence-electron chi connectivity index (χ0n) is 35.6. The van der Waals surface area contributed by atoms with Gasteiger partial charge in [-0.25, -0.2) is 0 Å². The number of fused-ring (bicyclic) bond motifs is 8. The van der Waals surface area contributed by atoms with E-state index >= 15 is 0 Å². The predicted octanol–water partition coefficient (Wildman–Crippen LogP) is 16.6. The Kier molecular flexibility index (Phi) is 8.47. The number of para-hydroxylation sites is 1. The quantitative estimate of drug-likeness (QED) is 0.155. The summed E-state index contributed by atoms with van der Waals surface area (Å²) in [6.07, 6.45) is 0. The molecular formula is C63H42N2. The van der Waals surface area contributed by atoms with Crippen molar-refractivity contribution in [3.8, 4) is 27.9 Å². The summed E-state index contributed by atoms with van der Waals surface area (Å²) >= 11 is 0. The fourth-order valence-electron chi connectivity index (χ4n) is 11.0. The summed E-state index contributed by atoms with van der Waals surface area (Å²) < 4.78 is 2.48. The molecule has 1 aromatic heterocycles. The lowest BCUT2D eigenvalue weighted by Gasteiger charge is -2.33. The number of hydrogen-bond donors (Lipinski definition) is 0. The summed E-state index contributed by atoms with van der Waals surface area (Å²) in [5, 5.41) is 7.34. The average molecular weight is 827 g/mol. The van der Waals surface area contributed by atoms with Crippen molar-refractivity contribution < 1.29 is 0 Å². The molecule has 0 atom stereocenters. The number of anilines is 3. The molecule has 0 fully saturated rings. The van der Waals surface area contributed by atoms with E-state index in [1.807, 2.05) is 0 Å². The van der Waals surface area contributed by atoms with Gasteiger partial charge in [0.05, 0.1) is 22.1 Å². The number of nitrogens with zero attached hydrogens (tertiary/aromatic N) is 2. The van der Waals surface area contributed by atoms with Gasteiger partial charge in [0, 0.05) is 33.2 Å². The first-order valence-electron chi connectivity index (χ1n) is 22.5. The van der Waals surface area contributed by atoms with Gasteiger partial charge in [0.2, 0.25) is 0 Å². The number of aromatic nitrogens is 1. The van der Waals surface area contributed by atoms with Gasteiger partial charge in [0.15, 0.2) is 0 Å². The molecule has 65 heavy (non-hydrogen) atoms. The van der Waals surface area contributed by atoms with E-state index in [1.165, 1.54) is 82.3 Å². The zero-order valence-corrected chi connectivity index (χ0v) is 35.6. The largest absolute Gasteiger partial charge is 0.310 e. The Bertz CT molecular complexity index is 3740. The minimum Gasteiger partial charge on any atom is -0.310 e. The highest BCUT2D eigenvalue weighted by molar-refractivity contribution is 6.10. The Labute approximate surface area is 378 Å². The van der Waals surface area contributed by atoms with Crippen molar-refractivity contribution in [3.63, 3.8) is 0 Å². The molecule has 12 aromatic rings. The first-order chi connectivity index (χ1) is 32.2. The van der Waals surface area contributed by atoms with E-state index in [0.717, 1.165) is 28.3 Å². The highest BCUT2D eigenvalue weighted by atomic mass is 15.1. The molecule has 0 spiro atoms. The maximum atomic E-state index is 2.48. The Balaban J connectivity index is 0.992. The molecule has 1 heterocycles. The molecule has 0 aliphatic heterocycles. The van der Waals surface area contributed by atoms with Crippen LogP contribution in [0.25, 0.3) is 71.3 Å². The van der Waals surface area contributed by atoms with E-state index in [0.29, 0.717) is 0 Å². The molecule has 0 saturated carbocycles. The van der Waals surface area contributed by atoms with E-state index in [1.54, 1.807) is 0 Å². The van der Waals surface area contributed by atoms with Crippen molar-refractivity contribution in [1.82, 2.24) is 4.57 Å². The second-order valence-electron chi connectivity index (χ2n) is 17.3. The third kappa shape index (κ3) is 5.74. The molecule has 0 saturated heterocycles. The number of benzene rings is 11. The Hall–Kier alpha value is -8.46. The fraction of sp³-hybridized carbons (Fsp3) is 0.0159. The second-order valence-corrected chi connectivity index (χ2v) is 17.3. The first-order valence-corrected chi connectivity index (χ1v) is 22.5. The van der Waals surface area contributed by atoms with Gasteiger partial charge in [-0.05, 0) is 115 Å². The van der Waals surface area contributed by atoms with Crippen LogP contribution in [0.2, 0.25) is 0 Å². The van der Waals surface area contributed by atoms with Crippen LogP contribution in [0.15, 0.2) is 255 Å². The van der Waals surface area contributed by atoms with E-state index < -0.39 is 5.41 Å². The van der Waals surface area contributed by atoms with Gasteiger partial charge in [-0.1, -0.05) is 200 Å². The molecule has 2 nitrogen and oxygen atoms in total. The predicted molar refractivity (Wildman–Crippen MR) is 273 cm³/mol. The van der Waals surface area contributed by atoms with Crippen LogP contribution in [-0.4, -0.2) is 4.57 Å². The maximum absolute atomic E-state index is 2.48. The van der Waals surface area contributed by atoms with Gasteiger partial charge in [0.1, 0.15) is 0 Å². The summed E-state index contributed by atoms with van der Waals surface area (Å²) in [5.41, 5.74) is 16.5. The summed E-state index contributed by atoms with van der Waals surface area (Å²) in [6.45, 7) is 0. The summed E-state index contributed by atoms with van der Waals surface area (Å²) in [6, 6.07) is 93.9. The van der Waals surface area contributed by atoms with Crippen molar-refractivity contribution in [2.75, 3.05) is 4.90 Å². The lowest BCUT2D eigenvalue weighted by atomic mass is 9.68. The third-order valence-corrected chi connectivity index (χ3v) is 13.8. The van der Waals surface area contributed by atoms with Gasteiger partial charge in [0.25, 0.3) is 0 Å². The third-order valence-electron chi connectivity index (χ3n) is 13.8. The van der Waals surface area contributed by atoms with E-state index in [4.69, 9.17) is 0 Å². The first kappa shape index (κ1) is 37.1. The van der Waals surface area contributed by atoms with Crippen LogP contribution in [0, 0.1) is 0 Å². The second kappa shape index (κ2) is 14.8. The van der Waals surface area contributed by atoms with Crippen LogP contribution in [0.5, 0.6) is 0 Å². The van der Waals surface area contributed by atoms with Crippen molar-refractivity contribution in [2.45, 2.75) is 5.41 Å². The lowest BCUT2D eigenvalue weighted by Crippen LogP contribution is -2.28. The molecule has 11 aromatic carbocycles. The molecule has 0 radical (unpaired) electrons. The van der Waals surface area contributed by atoms with Crippen LogP contribution in [0.1, 0.15) is 22.3 Å². The topological polar surface area (TPSA) is 8.17 Å². The van der Waals surface area contributed by atoms with Crippen molar-refractivity contribution in [2.24, 2.45) is 0 Å². The SMILES string of the molecule is c1ccc(C2(c3ccccc3)c3ccccc3-c3cc(-n4c5ccccc5c5ccc(-c6cccc(N(c7ccc8ccccc8c7)c7cccc8ccccc78)c6)cc54)ccc32)cc1. The Morgan fingerprint density at radius 1 is 0.323 bits per heavy atom. The van der Waals surface area contributed by atoms with Gasteiger partial charge in [-0.15, -0.1) is 0 Å². The molecular weight excluding hydrogens is 785 g/mol. The summed E-state index contributed by atoms with van der Waals surface area (Å²) in [7, 11) is 0. The summed E-state index contributed by atoms with van der Waals surface area (Å²) in [5.74, 6) is 0. The fourth-order valence-corrected chi connectivity index (χ4v) is 11.0. The molecule has 1 aliphatic carbocycles. The highest BCUT2D eigenvalue weighted by Gasteiger charge is 2.46. The molecule has 0 unspecified atom stereocenters. The minimum atomic E-state index is -0.446. The maximum Gasteiger partial charge on any atom is 0.0713 e. The van der Waals surface area contributed by atoms with Crippen LogP contribution in [-0.2, 0) is 5.41 Å². The van der Waals surface area contributed by atoms with Crippen molar-refractivity contribution in [3.05, 3.63) is 277 Å². The van der Waals surface area contributed by atoms with Crippen LogP contribution < -0.4 is 4.90 Å². The zero-order chi connectivity index (χ0) is 42.9. The monoisotopic (exact) mass is 826 g/mol. The van der Waals surface area contributed by atoms with Crippen molar-refractivity contribution in [1.29, 1.82) is 0 Å². The lowest BCUT2D eigenvalue weighted by molar-refractivity contribution is 0.768. The average Bonchev–Trinajstić information content (AvgIpc) is 3.87. The number of hydrogen-bond acceptors (Lipinski definition) is 1. The smallest absolute Gasteiger partial charge is 0.0713 e. The van der Waals surface area contributed by atoms with E-state index in [9.17, 15) is 0 Å². The van der Waals surface area contributed by atoms with E-state index in [2.05, 4.69) is 264 Å². The standard InChI is InChI=1S/C63H42N2/c1-3-22-48(23-4-1)63(49-24-5-2-6-25-49)58-30-13-11-28-54(58)57-42-52(36-38-59(57)63)65-61-31-14-12-29-55(61)56-37-34-47(41-62(56)65)46-21-15-26-50(40-46)64(51-35-33-43-17-7-8-19-45(43)39-51)60-32-16-20-44-18-9-10-27-53(44)60/h1-42H. The molecule has 0 bridgehead atoms. The molecule has 0 N–H and O–H groups in total. The molecule has 2 heteroatoms. The van der Waals surface area contributed by atoms with Gasteiger partial charge in [-0.3, -0.25) is 0 Å². The Morgan fingerprint density at radius 2 is 0.938 bits per heavy atom. The van der Waals surface area contributed by atoms with E-state index in [-0.39, 0.29) is 0 Å². The molecule has 0 amide bonds. The summed E-state index contributed by atoms with van der Waals surface area (Å²) in [4.78, 5) is 2.42. The van der Waals surface area contributed by atoms with Crippen LogP contribution >= 0.6 is 0 Å². The van der Waals surface area contributed by atoms with Crippen LogP contribution in [0.4, 0.5) is 17.1 Å². The Morgan fingerprint density at radius 3 is 1.77 bits per heavy atom. The normalized spacial score (nSPS) is 12.7. The van der Waals surface area contributed by atoms with Gasteiger partial charge < -0.3 is 9.47 Å².